The summed E-state index contributed by atoms with van der Waals surface area (Å²) < 4.78 is 2.12. The molecule has 0 saturated carbocycles. The van der Waals surface area contributed by atoms with E-state index in [0.717, 1.165) is 53.4 Å². The minimum Gasteiger partial charge on any atom is -0.329 e. The third-order valence-electron chi connectivity index (χ3n) is 5.68. The van der Waals surface area contributed by atoms with E-state index < -0.39 is 0 Å². The summed E-state index contributed by atoms with van der Waals surface area (Å²) in [5.41, 5.74) is 3.63. The van der Waals surface area contributed by atoms with Crippen molar-refractivity contribution >= 4 is 27.9 Å². The van der Waals surface area contributed by atoms with Gasteiger partial charge in [-0.2, -0.15) is 0 Å². The molecule has 0 bridgehead atoms. The summed E-state index contributed by atoms with van der Waals surface area (Å²) in [7, 11) is 0. The number of pyridine rings is 1. The molecule has 0 fully saturated rings. The number of nitrogens with zero attached hydrogens (tertiary/aromatic N) is 1. The van der Waals surface area contributed by atoms with Crippen LogP contribution in [0.3, 0.4) is 0 Å². The van der Waals surface area contributed by atoms with Gasteiger partial charge in [0.25, 0.3) is 5.24 Å². The van der Waals surface area contributed by atoms with Crippen LogP contribution in [0.4, 0.5) is 4.79 Å². The van der Waals surface area contributed by atoms with Crippen LogP contribution < -0.4 is 10.7 Å². The number of thioether (sulfide) groups is 1. The predicted octanol–water partition coefficient (Wildman–Crippen LogP) is 6.60. The van der Waals surface area contributed by atoms with Gasteiger partial charge in [0, 0.05) is 16.6 Å². The van der Waals surface area contributed by atoms with Gasteiger partial charge in [-0.15, -0.1) is 0 Å². The van der Waals surface area contributed by atoms with Crippen LogP contribution in [0.2, 0.25) is 0 Å². The average Bonchev–Trinajstić information content (AvgIpc) is 2.81. The van der Waals surface area contributed by atoms with Gasteiger partial charge in [-0.25, -0.2) is 0 Å². The summed E-state index contributed by atoms with van der Waals surface area (Å²) in [5, 5.41) is 3.59. The van der Waals surface area contributed by atoms with Gasteiger partial charge in [-0.1, -0.05) is 93.3 Å². The van der Waals surface area contributed by atoms with E-state index in [4.69, 9.17) is 0 Å². The van der Waals surface area contributed by atoms with Crippen LogP contribution >= 0.6 is 11.8 Å². The first-order valence-electron chi connectivity index (χ1n) is 11.2. The number of benzene rings is 2. The molecule has 0 atom stereocenters. The first kappa shape index (κ1) is 23.1. The highest BCUT2D eigenvalue weighted by molar-refractivity contribution is 8.12. The monoisotopic (exact) mass is 436 g/mol. The number of hydrogen-bond donors (Lipinski definition) is 1. The van der Waals surface area contributed by atoms with Crippen LogP contribution in [-0.2, 0) is 13.1 Å². The molecule has 0 aliphatic rings. The molecule has 164 valence electrons. The molecule has 1 heterocycles. The smallest absolute Gasteiger partial charge is 0.280 e. The van der Waals surface area contributed by atoms with Gasteiger partial charge in [0.05, 0.1) is 12.2 Å². The third-order valence-corrected chi connectivity index (χ3v) is 6.19. The fraction of sp³-hybridized carbons (Fsp3) is 0.385. The maximum Gasteiger partial charge on any atom is 0.280 e. The summed E-state index contributed by atoms with van der Waals surface area (Å²) in [6.45, 7) is 2.58. The second kappa shape index (κ2) is 11.8. The Morgan fingerprint density at radius 2 is 1.61 bits per heavy atom. The Morgan fingerprint density at radius 1 is 0.935 bits per heavy atom. The lowest BCUT2D eigenvalue weighted by atomic mass is 9.96. The highest BCUT2D eigenvalue weighted by atomic mass is 32.2. The summed E-state index contributed by atoms with van der Waals surface area (Å²) in [4.78, 5) is 25.6. The number of carbonyl (C=O) groups is 1. The van der Waals surface area contributed by atoms with E-state index in [9.17, 15) is 9.59 Å². The topological polar surface area (TPSA) is 51.1 Å². The fourth-order valence-electron chi connectivity index (χ4n) is 4.08. The molecule has 1 amide bonds. The van der Waals surface area contributed by atoms with E-state index in [1.165, 1.54) is 25.7 Å². The zero-order valence-corrected chi connectivity index (χ0v) is 19.3. The van der Waals surface area contributed by atoms with Gasteiger partial charge in [0.15, 0.2) is 5.43 Å². The highest BCUT2D eigenvalue weighted by Gasteiger charge is 2.18. The molecule has 4 nitrogen and oxygen atoms in total. The molecule has 0 aliphatic heterocycles. The van der Waals surface area contributed by atoms with Crippen molar-refractivity contribution in [1.82, 2.24) is 9.88 Å². The van der Waals surface area contributed by atoms with Gasteiger partial charge in [-0.3, -0.25) is 9.59 Å². The Kier molecular flexibility index (Phi) is 8.77. The van der Waals surface area contributed by atoms with Crippen LogP contribution in [-0.4, -0.2) is 16.1 Å². The molecule has 5 heteroatoms. The molecule has 0 spiro atoms. The van der Waals surface area contributed by atoms with Crippen molar-refractivity contribution in [1.29, 1.82) is 0 Å². The predicted molar refractivity (Wildman–Crippen MR) is 133 cm³/mol. The maximum absolute atomic E-state index is 13.6. The summed E-state index contributed by atoms with van der Waals surface area (Å²) >= 11 is 1.16. The number of unbranched alkanes of at least 4 members (excludes halogenated alkanes) is 5. The van der Waals surface area contributed by atoms with Crippen molar-refractivity contribution < 1.29 is 4.79 Å². The number of hydrogen-bond acceptors (Lipinski definition) is 3. The minimum atomic E-state index is -0.0745. The van der Waals surface area contributed by atoms with Gasteiger partial charge < -0.3 is 9.88 Å². The van der Waals surface area contributed by atoms with Crippen LogP contribution in [0.1, 0.15) is 51.1 Å². The van der Waals surface area contributed by atoms with Crippen molar-refractivity contribution in [2.45, 2.75) is 58.5 Å². The van der Waals surface area contributed by atoms with Crippen LogP contribution in [0.5, 0.6) is 0 Å². The Balaban J connectivity index is 2.08. The molecule has 1 aromatic heterocycles. The van der Waals surface area contributed by atoms with Crippen molar-refractivity contribution in [3.63, 3.8) is 0 Å². The standard InChI is InChI=1S/C26H32N2O2S/c1-3-4-5-6-7-11-18-23-24(20-14-9-8-10-15-20)25(29)21-16-12-13-17-22(21)28(23)19-27-26(30)31-2/h8-10,12-17H,3-7,11,18-19H2,1-2H3,(H,27,30). The van der Waals surface area contributed by atoms with E-state index >= 15 is 0 Å². The van der Waals surface area contributed by atoms with Crippen molar-refractivity contribution in [3.8, 4) is 11.1 Å². The summed E-state index contributed by atoms with van der Waals surface area (Å²) in [5.74, 6) is 0. The molecule has 0 saturated heterocycles. The Labute approximate surface area is 189 Å². The van der Waals surface area contributed by atoms with E-state index in [1.807, 2.05) is 54.6 Å². The largest absolute Gasteiger partial charge is 0.329 e. The maximum atomic E-state index is 13.6. The molecule has 3 rings (SSSR count). The van der Waals surface area contributed by atoms with Gasteiger partial charge in [-0.05, 0) is 36.8 Å². The molecule has 3 aromatic rings. The van der Waals surface area contributed by atoms with E-state index in [2.05, 4.69) is 16.8 Å². The first-order chi connectivity index (χ1) is 15.2. The zero-order valence-electron chi connectivity index (χ0n) is 18.5. The molecule has 2 aromatic carbocycles. The zero-order chi connectivity index (χ0) is 22.1. The second-order valence-corrected chi connectivity index (χ2v) is 8.59. The molecule has 0 aliphatic carbocycles. The molecule has 31 heavy (non-hydrogen) atoms. The number of nitrogens with one attached hydrogen (secondary N) is 1. The average molecular weight is 437 g/mol. The summed E-state index contributed by atoms with van der Waals surface area (Å²) in [6.07, 6.45) is 9.74. The van der Waals surface area contributed by atoms with Crippen molar-refractivity contribution in [2.24, 2.45) is 0 Å². The Morgan fingerprint density at radius 3 is 2.35 bits per heavy atom. The first-order valence-corrected chi connectivity index (χ1v) is 12.4. The quantitative estimate of drug-likeness (QED) is 0.364. The number of para-hydroxylation sites is 1. The van der Waals surface area contributed by atoms with Crippen LogP contribution in [0.15, 0.2) is 59.4 Å². The second-order valence-electron chi connectivity index (χ2n) is 7.81. The molecule has 0 radical (unpaired) electrons. The summed E-state index contributed by atoms with van der Waals surface area (Å²) in [6, 6.07) is 17.6. The minimum absolute atomic E-state index is 0.0650. The Hall–Kier alpha value is -2.53. The van der Waals surface area contributed by atoms with E-state index in [-0.39, 0.29) is 10.7 Å². The Bertz CT molecular complexity index is 1060. The molecular weight excluding hydrogens is 404 g/mol. The van der Waals surface area contributed by atoms with Crippen molar-refractivity contribution in [2.75, 3.05) is 6.26 Å². The van der Waals surface area contributed by atoms with Gasteiger partial charge in [0.2, 0.25) is 0 Å². The lowest BCUT2D eigenvalue weighted by Crippen LogP contribution is -2.27. The number of fused-ring (bicyclic) bond motifs is 1. The van der Waals surface area contributed by atoms with Crippen molar-refractivity contribution in [3.05, 3.63) is 70.5 Å². The van der Waals surface area contributed by atoms with Crippen LogP contribution in [0.25, 0.3) is 22.0 Å². The molecule has 0 unspecified atom stereocenters. The molecule has 1 N–H and O–H groups in total. The van der Waals surface area contributed by atoms with Gasteiger partial charge >= 0.3 is 0 Å². The lowest BCUT2D eigenvalue weighted by molar-refractivity contribution is 0.258. The van der Waals surface area contributed by atoms with E-state index in [1.54, 1.807) is 6.26 Å². The SMILES string of the molecule is CCCCCCCCc1c(-c2ccccc2)c(=O)c2ccccc2n1CNC(=O)SC. The van der Waals surface area contributed by atoms with Gasteiger partial charge in [0.1, 0.15) is 0 Å². The number of carbonyl (C=O) groups excluding carboxylic acids is 1. The molecular formula is C26H32N2O2S. The van der Waals surface area contributed by atoms with E-state index in [0.29, 0.717) is 12.1 Å². The normalized spacial score (nSPS) is 11.0. The number of aromatic nitrogens is 1. The lowest BCUT2D eigenvalue weighted by Gasteiger charge is -2.21. The number of rotatable bonds is 10. The fourth-order valence-corrected chi connectivity index (χ4v) is 4.29. The number of amides is 1. The third kappa shape index (κ3) is 5.79. The van der Waals surface area contributed by atoms with Crippen LogP contribution in [0, 0.1) is 0 Å². The highest BCUT2D eigenvalue weighted by Crippen LogP contribution is 2.26.